The summed E-state index contributed by atoms with van der Waals surface area (Å²) in [7, 11) is 0. The molecule has 1 aliphatic carbocycles. The highest BCUT2D eigenvalue weighted by atomic mass is 16.3. The van der Waals surface area contributed by atoms with Gasteiger partial charge in [-0.05, 0) is 31.7 Å². The second-order valence-corrected chi connectivity index (χ2v) is 5.09. The molecule has 0 bridgehead atoms. The van der Waals surface area contributed by atoms with E-state index in [0.29, 0.717) is 0 Å². The normalized spacial score (nSPS) is 24.7. The predicted octanol–water partition coefficient (Wildman–Crippen LogP) is 4.16. The van der Waals surface area contributed by atoms with Gasteiger partial charge in [-0.1, -0.05) is 54.8 Å². The smallest absolute Gasteiger partial charge is 0.0852 e. The van der Waals surface area contributed by atoms with Crippen LogP contribution in [0.3, 0.4) is 0 Å². The van der Waals surface area contributed by atoms with E-state index in [1.165, 1.54) is 24.8 Å². The Morgan fingerprint density at radius 2 is 1.88 bits per heavy atom. The Morgan fingerprint density at radius 1 is 1.12 bits per heavy atom. The van der Waals surface area contributed by atoms with Crippen LogP contribution in [0.4, 0.5) is 0 Å². The lowest BCUT2D eigenvalue weighted by atomic mass is 9.88. The van der Waals surface area contributed by atoms with Gasteiger partial charge in [0.25, 0.3) is 0 Å². The number of allylic oxidation sites excluding steroid dienone is 1. The summed E-state index contributed by atoms with van der Waals surface area (Å²) in [6, 6.07) is 8.25. The van der Waals surface area contributed by atoms with Gasteiger partial charge in [0.1, 0.15) is 0 Å². The number of aryl methyl sites for hydroxylation is 1. The fourth-order valence-electron chi connectivity index (χ4n) is 2.46. The fourth-order valence-corrected chi connectivity index (χ4v) is 2.46. The minimum atomic E-state index is -0.343. The molecule has 2 unspecified atom stereocenters. The Bertz CT molecular complexity index is 364. The molecule has 1 heteroatoms. The first-order valence-corrected chi connectivity index (χ1v) is 6.68. The molecule has 0 aliphatic heterocycles. The van der Waals surface area contributed by atoms with E-state index in [1.54, 1.807) is 0 Å². The van der Waals surface area contributed by atoms with E-state index in [1.807, 2.05) is 12.1 Å². The van der Waals surface area contributed by atoms with Gasteiger partial charge in [-0.3, -0.25) is 0 Å². The first-order chi connectivity index (χ1) is 8.27. The van der Waals surface area contributed by atoms with Crippen LogP contribution < -0.4 is 0 Å². The fraction of sp³-hybridized carbons (Fsp3) is 0.500. The average Bonchev–Trinajstić information content (AvgIpc) is 2.29. The molecular weight excluding hydrogens is 208 g/mol. The summed E-state index contributed by atoms with van der Waals surface area (Å²) >= 11 is 0. The van der Waals surface area contributed by atoms with E-state index in [2.05, 4.69) is 31.2 Å². The van der Waals surface area contributed by atoms with Gasteiger partial charge in [0.2, 0.25) is 0 Å². The van der Waals surface area contributed by atoms with Crippen LogP contribution >= 0.6 is 0 Å². The summed E-state index contributed by atoms with van der Waals surface area (Å²) in [4.78, 5) is 0. The van der Waals surface area contributed by atoms with E-state index in [0.717, 1.165) is 18.4 Å². The van der Waals surface area contributed by atoms with E-state index in [-0.39, 0.29) is 12.0 Å². The highest BCUT2D eigenvalue weighted by Crippen LogP contribution is 2.29. The third kappa shape index (κ3) is 3.44. The number of benzene rings is 1. The number of hydrogen-bond acceptors (Lipinski definition) is 1. The zero-order chi connectivity index (χ0) is 12.1. The van der Waals surface area contributed by atoms with Gasteiger partial charge in [-0.2, -0.15) is 0 Å². The van der Waals surface area contributed by atoms with Crippen molar-refractivity contribution in [2.24, 2.45) is 5.92 Å². The molecule has 1 aliphatic rings. The van der Waals surface area contributed by atoms with Gasteiger partial charge in [0, 0.05) is 5.92 Å². The summed E-state index contributed by atoms with van der Waals surface area (Å²) in [5, 5.41) is 10.4. The Kier molecular flexibility index (Phi) is 4.38. The highest BCUT2D eigenvalue weighted by molar-refractivity contribution is 5.24. The van der Waals surface area contributed by atoms with Gasteiger partial charge in [0.15, 0.2) is 0 Å². The van der Waals surface area contributed by atoms with Crippen LogP contribution in [0.5, 0.6) is 0 Å². The van der Waals surface area contributed by atoms with E-state index >= 15 is 0 Å². The molecule has 1 N–H and O–H groups in total. The average molecular weight is 230 g/mol. The lowest BCUT2D eigenvalue weighted by Crippen LogP contribution is -2.11. The van der Waals surface area contributed by atoms with Crippen molar-refractivity contribution in [3.8, 4) is 0 Å². The minimum absolute atomic E-state index is 0.290. The zero-order valence-electron chi connectivity index (χ0n) is 10.6. The Labute approximate surface area is 104 Å². The maximum absolute atomic E-state index is 10.4. The quantitative estimate of drug-likeness (QED) is 0.756. The molecule has 2 atom stereocenters. The molecule has 1 aromatic rings. The predicted molar refractivity (Wildman–Crippen MR) is 71.9 cm³/mol. The molecule has 0 fully saturated rings. The molecule has 92 valence electrons. The van der Waals surface area contributed by atoms with Crippen LogP contribution in [0, 0.1) is 12.8 Å². The minimum Gasteiger partial charge on any atom is -0.388 e. The van der Waals surface area contributed by atoms with E-state index in [4.69, 9.17) is 0 Å². The largest absolute Gasteiger partial charge is 0.388 e. The molecule has 2 rings (SSSR count). The SMILES string of the molecule is Cc1ccc(C(O)C2/C=C\CCCCC2)cc1. The number of rotatable bonds is 2. The molecule has 1 aromatic carbocycles. The Balaban J connectivity index is 2.09. The highest BCUT2D eigenvalue weighted by Gasteiger charge is 2.18. The molecule has 0 aromatic heterocycles. The molecule has 0 radical (unpaired) electrons. The van der Waals surface area contributed by atoms with Crippen molar-refractivity contribution in [2.75, 3.05) is 0 Å². The number of hydrogen-bond donors (Lipinski definition) is 1. The van der Waals surface area contributed by atoms with Crippen molar-refractivity contribution in [1.82, 2.24) is 0 Å². The molecule has 0 heterocycles. The summed E-state index contributed by atoms with van der Waals surface area (Å²) < 4.78 is 0. The third-order valence-electron chi connectivity index (χ3n) is 3.62. The Morgan fingerprint density at radius 3 is 2.65 bits per heavy atom. The van der Waals surface area contributed by atoms with Crippen LogP contribution in [-0.2, 0) is 0 Å². The standard InChI is InChI=1S/C16H22O/c1-13-9-11-15(12-10-13)16(17)14-7-5-3-2-4-6-8-14/h5,7,9-12,14,16-17H,2-4,6,8H2,1H3/b7-5-. The van der Waals surface area contributed by atoms with E-state index in [9.17, 15) is 5.11 Å². The van der Waals surface area contributed by atoms with Crippen LogP contribution in [0.2, 0.25) is 0 Å². The van der Waals surface area contributed by atoms with E-state index < -0.39 is 0 Å². The lowest BCUT2D eigenvalue weighted by Gasteiger charge is -2.21. The number of aliphatic hydroxyl groups is 1. The van der Waals surface area contributed by atoms with Crippen molar-refractivity contribution in [2.45, 2.75) is 45.1 Å². The lowest BCUT2D eigenvalue weighted by molar-refractivity contribution is 0.124. The molecule has 0 amide bonds. The van der Waals surface area contributed by atoms with Crippen molar-refractivity contribution in [3.05, 3.63) is 47.5 Å². The second kappa shape index (κ2) is 6.02. The topological polar surface area (TPSA) is 20.2 Å². The Hall–Kier alpha value is -1.08. The van der Waals surface area contributed by atoms with Gasteiger partial charge in [0.05, 0.1) is 6.10 Å². The molecule has 1 nitrogen and oxygen atoms in total. The van der Waals surface area contributed by atoms with Crippen molar-refractivity contribution >= 4 is 0 Å². The van der Waals surface area contributed by atoms with Crippen molar-refractivity contribution < 1.29 is 5.11 Å². The summed E-state index contributed by atoms with van der Waals surface area (Å²) in [6.07, 6.45) is 10.2. The second-order valence-electron chi connectivity index (χ2n) is 5.09. The maximum atomic E-state index is 10.4. The molecule has 17 heavy (non-hydrogen) atoms. The third-order valence-corrected chi connectivity index (χ3v) is 3.62. The summed E-state index contributed by atoms with van der Waals surface area (Å²) in [6.45, 7) is 2.08. The van der Waals surface area contributed by atoms with Gasteiger partial charge in [-0.25, -0.2) is 0 Å². The van der Waals surface area contributed by atoms with Crippen LogP contribution in [-0.4, -0.2) is 5.11 Å². The molecular formula is C16H22O. The first kappa shape index (κ1) is 12.4. The van der Waals surface area contributed by atoms with Crippen LogP contribution in [0.25, 0.3) is 0 Å². The van der Waals surface area contributed by atoms with Gasteiger partial charge < -0.3 is 5.11 Å². The van der Waals surface area contributed by atoms with Crippen LogP contribution in [0.15, 0.2) is 36.4 Å². The van der Waals surface area contributed by atoms with Crippen molar-refractivity contribution in [3.63, 3.8) is 0 Å². The first-order valence-electron chi connectivity index (χ1n) is 6.68. The van der Waals surface area contributed by atoms with Gasteiger partial charge >= 0.3 is 0 Å². The molecule has 0 spiro atoms. The van der Waals surface area contributed by atoms with Crippen LogP contribution in [0.1, 0.15) is 49.3 Å². The maximum Gasteiger partial charge on any atom is 0.0852 e. The number of aliphatic hydroxyl groups excluding tert-OH is 1. The molecule has 0 saturated carbocycles. The summed E-state index contributed by atoms with van der Waals surface area (Å²) in [5.74, 6) is 0.290. The monoisotopic (exact) mass is 230 g/mol. The molecule has 0 saturated heterocycles. The zero-order valence-corrected chi connectivity index (χ0v) is 10.6. The van der Waals surface area contributed by atoms with Crippen molar-refractivity contribution in [1.29, 1.82) is 0 Å². The van der Waals surface area contributed by atoms with Gasteiger partial charge in [-0.15, -0.1) is 0 Å². The summed E-state index contributed by atoms with van der Waals surface area (Å²) in [5.41, 5.74) is 2.29.